The number of methoxy groups -OCH3 is 2. The first-order valence-electron chi connectivity index (χ1n) is 10.8. The fourth-order valence-corrected chi connectivity index (χ4v) is 5.08. The van der Waals surface area contributed by atoms with Crippen LogP contribution in [0, 0.1) is 0 Å². The molecule has 0 aliphatic heterocycles. The van der Waals surface area contributed by atoms with Gasteiger partial charge >= 0.3 is 5.97 Å². The standard InChI is InChI=1S/C26H27NO4S/c1-30-21-12-7-17(8-13-21)9-14-23(28)27-25-24(26(29)31-2)22(16-32-25)20-11-10-18-5-3-4-6-19(18)15-20/h7-8,10-13,15-16H,3-6,9,14H2,1-2H3,(H,27,28). The van der Waals surface area contributed by atoms with Gasteiger partial charge in [0, 0.05) is 17.4 Å². The second-order valence-corrected chi connectivity index (χ2v) is 8.81. The van der Waals surface area contributed by atoms with E-state index in [1.807, 2.05) is 29.6 Å². The first kappa shape index (κ1) is 22.1. The molecule has 0 atom stereocenters. The van der Waals surface area contributed by atoms with Crippen LogP contribution >= 0.6 is 11.3 Å². The molecule has 2 aromatic carbocycles. The number of rotatable bonds is 7. The van der Waals surface area contributed by atoms with Gasteiger partial charge in [0.1, 0.15) is 16.3 Å². The second kappa shape index (κ2) is 10.0. The molecular weight excluding hydrogens is 422 g/mol. The summed E-state index contributed by atoms with van der Waals surface area (Å²) in [4.78, 5) is 25.2. The maximum Gasteiger partial charge on any atom is 0.341 e. The van der Waals surface area contributed by atoms with Gasteiger partial charge < -0.3 is 14.8 Å². The number of ether oxygens (including phenoxy) is 2. The second-order valence-electron chi connectivity index (χ2n) is 7.93. The average Bonchev–Trinajstić information content (AvgIpc) is 3.25. The summed E-state index contributed by atoms with van der Waals surface area (Å²) >= 11 is 1.36. The first-order chi connectivity index (χ1) is 15.6. The number of nitrogens with one attached hydrogen (secondary N) is 1. The van der Waals surface area contributed by atoms with E-state index in [1.54, 1.807) is 7.11 Å². The molecule has 166 valence electrons. The number of amides is 1. The van der Waals surface area contributed by atoms with E-state index in [2.05, 4.69) is 23.5 Å². The number of esters is 1. The van der Waals surface area contributed by atoms with Gasteiger partial charge in [-0.05, 0) is 66.5 Å². The van der Waals surface area contributed by atoms with E-state index in [0.29, 0.717) is 23.4 Å². The van der Waals surface area contributed by atoms with Crippen LogP contribution in [0.4, 0.5) is 5.00 Å². The van der Waals surface area contributed by atoms with Crippen LogP contribution in [-0.4, -0.2) is 26.1 Å². The fourth-order valence-electron chi connectivity index (χ4n) is 4.11. The summed E-state index contributed by atoms with van der Waals surface area (Å²) in [5, 5.41) is 5.38. The normalized spacial score (nSPS) is 12.7. The van der Waals surface area contributed by atoms with Crippen molar-refractivity contribution in [3.8, 4) is 16.9 Å². The molecule has 1 aliphatic rings. The van der Waals surface area contributed by atoms with Crippen molar-refractivity contribution in [1.82, 2.24) is 0 Å². The Hall–Kier alpha value is -3.12. The van der Waals surface area contributed by atoms with Gasteiger partial charge in [0.2, 0.25) is 5.91 Å². The summed E-state index contributed by atoms with van der Waals surface area (Å²) in [6.07, 6.45) is 5.52. The zero-order valence-electron chi connectivity index (χ0n) is 18.4. The molecule has 1 aromatic heterocycles. The zero-order valence-corrected chi connectivity index (χ0v) is 19.2. The van der Waals surface area contributed by atoms with E-state index in [1.165, 1.54) is 42.4 Å². The number of thiophene rings is 1. The van der Waals surface area contributed by atoms with E-state index < -0.39 is 5.97 Å². The van der Waals surface area contributed by atoms with Crippen LogP contribution in [-0.2, 0) is 28.8 Å². The van der Waals surface area contributed by atoms with Gasteiger partial charge in [0.25, 0.3) is 0 Å². The van der Waals surface area contributed by atoms with Gasteiger partial charge in [0.15, 0.2) is 0 Å². The molecule has 1 N–H and O–H groups in total. The Labute approximate surface area is 192 Å². The average molecular weight is 450 g/mol. The molecule has 1 aliphatic carbocycles. The van der Waals surface area contributed by atoms with Crippen molar-refractivity contribution >= 4 is 28.2 Å². The largest absolute Gasteiger partial charge is 0.497 e. The number of aryl methyl sites for hydroxylation is 3. The molecule has 0 fully saturated rings. The van der Waals surface area contributed by atoms with Gasteiger partial charge in [-0.3, -0.25) is 4.79 Å². The Kier molecular flexibility index (Phi) is 6.90. The van der Waals surface area contributed by atoms with E-state index in [9.17, 15) is 9.59 Å². The molecule has 1 amide bonds. The summed E-state index contributed by atoms with van der Waals surface area (Å²) in [6, 6.07) is 14.1. The Morgan fingerprint density at radius 2 is 1.75 bits per heavy atom. The number of anilines is 1. The maximum absolute atomic E-state index is 12.6. The lowest BCUT2D eigenvalue weighted by Crippen LogP contribution is -2.14. The highest BCUT2D eigenvalue weighted by Crippen LogP contribution is 2.37. The minimum absolute atomic E-state index is 0.134. The molecule has 5 nitrogen and oxygen atoms in total. The third-order valence-electron chi connectivity index (χ3n) is 5.89. The molecule has 0 bridgehead atoms. The van der Waals surface area contributed by atoms with Gasteiger partial charge in [-0.2, -0.15) is 0 Å². The van der Waals surface area contributed by atoms with Crippen molar-refractivity contribution < 1.29 is 19.1 Å². The van der Waals surface area contributed by atoms with Gasteiger partial charge in [-0.1, -0.05) is 30.3 Å². The predicted molar refractivity (Wildman–Crippen MR) is 128 cm³/mol. The van der Waals surface area contributed by atoms with Crippen molar-refractivity contribution in [1.29, 1.82) is 0 Å². The minimum atomic E-state index is -0.440. The SMILES string of the molecule is COC(=O)c1c(-c2ccc3c(c2)CCCC3)csc1NC(=O)CCc1ccc(OC)cc1. The maximum atomic E-state index is 12.6. The highest BCUT2D eigenvalue weighted by atomic mass is 32.1. The molecule has 32 heavy (non-hydrogen) atoms. The number of hydrogen-bond acceptors (Lipinski definition) is 5. The molecule has 4 rings (SSSR count). The zero-order chi connectivity index (χ0) is 22.5. The Morgan fingerprint density at radius 3 is 2.47 bits per heavy atom. The highest BCUT2D eigenvalue weighted by molar-refractivity contribution is 7.15. The monoisotopic (exact) mass is 449 g/mol. The van der Waals surface area contributed by atoms with Crippen molar-refractivity contribution in [2.75, 3.05) is 19.5 Å². The number of carbonyl (C=O) groups is 2. The van der Waals surface area contributed by atoms with Crippen molar-refractivity contribution in [3.05, 3.63) is 70.1 Å². The summed E-state index contributed by atoms with van der Waals surface area (Å²) in [7, 11) is 2.99. The van der Waals surface area contributed by atoms with Crippen LogP contribution in [0.15, 0.2) is 47.8 Å². The summed E-state index contributed by atoms with van der Waals surface area (Å²) in [5.41, 5.74) is 6.01. The third kappa shape index (κ3) is 4.86. The molecule has 0 saturated carbocycles. The van der Waals surface area contributed by atoms with E-state index in [0.717, 1.165) is 35.3 Å². The number of carbonyl (C=O) groups excluding carboxylic acids is 2. The predicted octanol–water partition coefficient (Wildman–Crippen LogP) is 5.66. The molecule has 0 saturated heterocycles. The smallest absolute Gasteiger partial charge is 0.341 e. The van der Waals surface area contributed by atoms with Crippen molar-refractivity contribution in [3.63, 3.8) is 0 Å². The summed E-state index contributed by atoms with van der Waals surface area (Å²) < 4.78 is 10.2. The number of hydrogen-bond donors (Lipinski definition) is 1. The Balaban J connectivity index is 1.52. The molecule has 3 aromatic rings. The molecule has 1 heterocycles. The van der Waals surface area contributed by atoms with Crippen molar-refractivity contribution in [2.45, 2.75) is 38.5 Å². The fraction of sp³-hybridized carbons (Fsp3) is 0.308. The molecule has 6 heteroatoms. The lowest BCUT2D eigenvalue weighted by molar-refractivity contribution is -0.116. The molecule has 0 radical (unpaired) electrons. The Morgan fingerprint density at radius 1 is 1.00 bits per heavy atom. The van der Waals surface area contributed by atoms with E-state index >= 15 is 0 Å². The first-order valence-corrected chi connectivity index (χ1v) is 11.7. The lowest BCUT2D eigenvalue weighted by atomic mass is 9.89. The van der Waals surface area contributed by atoms with E-state index in [-0.39, 0.29) is 5.91 Å². The molecule has 0 unspecified atom stereocenters. The summed E-state index contributed by atoms with van der Waals surface area (Å²) in [5.74, 6) is 0.212. The third-order valence-corrected chi connectivity index (χ3v) is 6.79. The molecular formula is C26H27NO4S. The Bertz CT molecular complexity index is 1120. The van der Waals surface area contributed by atoms with Crippen LogP contribution in [0.25, 0.3) is 11.1 Å². The van der Waals surface area contributed by atoms with Crippen LogP contribution < -0.4 is 10.1 Å². The van der Waals surface area contributed by atoms with Crippen LogP contribution in [0.1, 0.15) is 46.3 Å². The number of fused-ring (bicyclic) bond motifs is 1. The van der Waals surface area contributed by atoms with Gasteiger partial charge in [-0.15, -0.1) is 11.3 Å². The van der Waals surface area contributed by atoms with Crippen LogP contribution in [0.3, 0.4) is 0 Å². The molecule has 0 spiro atoms. The summed E-state index contributed by atoms with van der Waals surface area (Å²) in [6.45, 7) is 0. The van der Waals surface area contributed by atoms with Crippen molar-refractivity contribution in [2.24, 2.45) is 0 Å². The van der Waals surface area contributed by atoms with Gasteiger partial charge in [-0.25, -0.2) is 4.79 Å². The quantitative estimate of drug-likeness (QED) is 0.473. The van der Waals surface area contributed by atoms with Crippen LogP contribution in [0.2, 0.25) is 0 Å². The van der Waals surface area contributed by atoms with E-state index in [4.69, 9.17) is 9.47 Å². The number of benzene rings is 2. The van der Waals surface area contributed by atoms with Gasteiger partial charge in [0.05, 0.1) is 14.2 Å². The topological polar surface area (TPSA) is 64.6 Å². The highest BCUT2D eigenvalue weighted by Gasteiger charge is 2.23. The van der Waals surface area contributed by atoms with Crippen LogP contribution in [0.5, 0.6) is 5.75 Å². The minimum Gasteiger partial charge on any atom is -0.497 e. The lowest BCUT2D eigenvalue weighted by Gasteiger charge is -2.16.